The van der Waals surface area contributed by atoms with Crippen LogP contribution in [0.2, 0.25) is 0 Å². The number of carboxylic acid groups (broad SMARTS) is 3. The SMILES string of the molecule is C[S+](C)c1ccccc1C(=O)O.C[S+](C)c1ccccc1C(=O)O.C[S+](C)c1ccccc1C(=O)O.O=P([O-])([O-])[O-]. The Balaban J connectivity index is 0.000000541. The maximum Gasteiger partial charge on any atom is 0.340 e. The first-order valence-electron chi connectivity index (χ1n) is 11.3. The van der Waals surface area contributed by atoms with E-state index in [-0.39, 0.29) is 32.7 Å². The van der Waals surface area contributed by atoms with E-state index >= 15 is 0 Å². The highest BCUT2D eigenvalue weighted by atomic mass is 32.2. The van der Waals surface area contributed by atoms with Crippen LogP contribution in [0.25, 0.3) is 0 Å². The molecule has 0 heterocycles. The molecule has 0 aliphatic heterocycles. The molecule has 0 saturated carbocycles. The van der Waals surface area contributed by atoms with Gasteiger partial charge in [0.1, 0.15) is 54.2 Å². The standard InChI is InChI=1S/3C9H10O2S.H3O4P/c3*1-12(2)8-6-4-3-5-7(8)9(10)11;1-5(2,3)4/h3*3-6H,1-2H3;(H3,1,2,3,4). The monoisotopic (exact) mass is 644 g/mol. The summed E-state index contributed by atoms with van der Waals surface area (Å²) in [6, 6.07) is 21.4. The number of carbonyl (C=O) groups is 3. The normalized spacial score (nSPS) is 10.4. The van der Waals surface area contributed by atoms with E-state index in [1.165, 1.54) is 0 Å². The fourth-order valence-corrected chi connectivity index (χ4v) is 5.84. The van der Waals surface area contributed by atoms with Crippen LogP contribution in [0.5, 0.6) is 0 Å². The van der Waals surface area contributed by atoms with E-state index in [1.807, 2.05) is 73.9 Å². The van der Waals surface area contributed by atoms with Gasteiger partial charge in [0, 0.05) is 32.7 Å². The average molecular weight is 645 g/mol. The molecule has 0 radical (unpaired) electrons. The number of aromatic carboxylic acids is 3. The van der Waals surface area contributed by atoms with Gasteiger partial charge in [-0.2, -0.15) is 7.82 Å². The predicted octanol–water partition coefficient (Wildman–Crippen LogP) is 2.04. The molecule has 0 aliphatic carbocycles. The third-order valence-electron chi connectivity index (χ3n) is 4.67. The smallest absolute Gasteiger partial charge is 0.340 e. The summed E-state index contributed by atoms with van der Waals surface area (Å²) < 4.78 is 8.55. The van der Waals surface area contributed by atoms with Crippen molar-refractivity contribution >= 4 is 58.4 Å². The second-order valence-corrected chi connectivity index (χ2v) is 15.4. The van der Waals surface area contributed by atoms with E-state index in [0.717, 1.165) is 14.7 Å². The lowest BCUT2D eigenvalue weighted by Gasteiger charge is -2.36. The molecule has 0 aromatic heterocycles. The Kier molecular flexibility index (Phi) is 17.4. The maximum atomic E-state index is 10.7. The second-order valence-electron chi connectivity index (χ2n) is 8.30. The molecule has 3 aromatic carbocycles. The van der Waals surface area contributed by atoms with Crippen molar-refractivity contribution in [3.63, 3.8) is 0 Å². The molecule has 224 valence electrons. The lowest BCUT2D eigenvalue weighted by Crippen LogP contribution is -2.24. The number of hydrogen-bond donors (Lipinski definition) is 3. The Labute approximate surface area is 248 Å². The highest BCUT2D eigenvalue weighted by Crippen LogP contribution is 2.16. The summed E-state index contributed by atoms with van der Waals surface area (Å²) in [6.45, 7) is 0. The quantitative estimate of drug-likeness (QED) is 0.264. The Morgan fingerprint density at radius 3 is 0.805 bits per heavy atom. The van der Waals surface area contributed by atoms with Gasteiger partial charge in [0.25, 0.3) is 0 Å². The molecule has 41 heavy (non-hydrogen) atoms. The average Bonchev–Trinajstić information content (AvgIpc) is 2.88. The first kappa shape index (κ1) is 38.2. The largest absolute Gasteiger partial charge is 0.822 e. The maximum absolute atomic E-state index is 10.7. The molecule has 3 aromatic rings. The van der Waals surface area contributed by atoms with Gasteiger partial charge in [-0.05, 0) is 36.4 Å². The van der Waals surface area contributed by atoms with Crippen LogP contribution in [-0.4, -0.2) is 70.8 Å². The van der Waals surface area contributed by atoms with E-state index in [0.29, 0.717) is 16.7 Å². The van der Waals surface area contributed by atoms with Crippen LogP contribution >= 0.6 is 7.82 Å². The van der Waals surface area contributed by atoms with Gasteiger partial charge in [0.05, 0.1) is 0 Å². The van der Waals surface area contributed by atoms with E-state index < -0.39 is 25.7 Å². The topological polar surface area (TPSA) is 198 Å². The minimum atomic E-state index is -5.39. The van der Waals surface area contributed by atoms with Gasteiger partial charge in [0.15, 0.2) is 14.7 Å². The second kappa shape index (κ2) is 18.6. The van der Waals surface area contributed by atoms with E-state index in [1.54, 1.807) is 36.4 Å². The van der Waals surface area contributed by atoms with Crippen molar-refractivity contribution in [2.45, 2.75) is 14.7 Å². The van der Waals surface area contributed by atoms with Crippen LogP contribution < -0.4 is 14.7 Å². The highest BCUT2D eigenvalue weighted by Gasteiger charge is 2.20. The minimum absolute atomic E-state index is 0.00809. The van der Waals surface area contributed by atoms with Crippen LogP contribution in [0.1, 0.15) is 31.1 Å². The molecular weight excluding hydrogens is 611 g/mol. The van der Waals surface area contributed by atoms with Crippen molar-refractivity contribution in [1.29, 1.82) is 0 Å². The van der Waals surface area contributed by atoms with Crippen molar-refractivity contribution in [3.05, 3.63) is 89.5 Å². The third kappa shape index (κ3) is 15.7. The number of carboxylic acids is 3. The third-order valence-corrected chi connectivity index (χ3v) is 8.38. The van der Waals surface area contributed by atoms with Crippen LogP contribution in [0.15, 0.2) is 87.5 Å². The zero-order valence-electron chi connectivity index (χ0n) is 23.3. The zero-order valence-corrected chi connectivity index (χ0v) is 26.6. The lowest BCUT2D eigenvalue weighted by atomic mass is 10.2. The summed E-state index contributed by atoms with van der Waals surface area (Å²) >= 11 is 0. The van der Waals surface area contributed by atoms with Crippen molar-refractivity contribution in [2.75, 3.05) is 37.5 Å². The first-order chi connectivity index (χ1) is 18.9. The van der Waals surface area contributed by atoms with Crippen molar-refractivity contribution in [2.24, 2.45) is 0 Å². The summed E-state index contributed by atoms with van der Waals surface area (Å²) in [6.07, 6.45) is 12.1. The van der Waals surface area contributed by atoms with E-state index in [4.69, 9.17) is 34.6 Å². The molecular formula is C27H33O10PS3. The Bertz CT molecular complexity index is 1190. The molecule has 0 amide bonds. The molecule has 0 saturated heterocycles. The van der Waals surface area contributed by atoms with E-state index in [2.05, 4.69) is 0 Å². The van der Waals surface area contributed by atoms with Crippen molar-refractivity contribution < 1.29 is 48.9 Å². The number of benzene rings is 3. The molecule has 14 heteroatoms. The van der Waals surface area contributed by atoms with Crippen molar-refractivity contribution in [1.82, 2.24) is 0 Å². The first-order valence-corrected chi connectivity index (χ1v) is 18.9. The van der Waals surface area contributed by atoms with E-state index in [9.17, 15) is 14.4 Å². The molecule has 0 atom stereocenters. The lowest BCUT2D eigenvalue weighted by molar-refractivity contribution is -0.432. The van der Waals surface area contributed by atoms with Gasteiger partial charge in [-0.25, -0.2) is 14.4 Å². The molecule has 0 unspecified atom stereocenters. The van der Waals surface area contributed by atoms with Gasteiger partial charge in [-0.3, -0.25) is 0 Å². The van der Waals surface area contributed by atoms with Crippen LogP contribution in [0, 0.1) is 0 Å². The van der Waals surface area contributed by atoms with Crippen LogP contribution in [0.3, 0.4) is 0 Å². The zero-order chi connectivity index (χ0) is 31.9. The molecule has 3 N–H and O–H groups in total. The van der Waals surface area contributed by atoms with Crippen molar-refractivity contribution in [3.8, 4) is 0 Å². The summed E-state index contributed by atoms with van der Waals surface area (Å²) in [5.74, 6) is -2.52. The fraction of sp³-hybridized carbons (Fsp3) is 0.222. The summed E-state index contributed by atoms with van der Waals surface area (Å²) in [5, 5.41) is 26.5. The Morgan fingerprint density at radius 1 is 0.512 bits per heavy atom. The molecule has 0 spiro atoms. The Morgan fingerprint density at radius 2 is 0.683 bits per heavy atom. The number of phosphoric acid groups is 1. The van der Waals surface area contributed by atoms with Gasteiger partial charge < -0.3 is 34.6 Å². The van der Waals surface area contributed by atoms with Crippen LogP contribution in [0.4, 0.5) is 0 Å². The molecule has 3 rings (SSSR count). The van der Waals surface area contributed by atoms with Crippen LogP contribution in [-0.2, 0) is 37.2 Å². The molecule has 0 bridgehead atoms. The molecule has 10 nitrogen and oxygen atoms in total. The number of hydrogen-bond acceptors (Lipinski definition) is 7. The van der Waals surface area contributed by atoms with Gasteiger partial charge in [-0.1, -0.05) is 36.4 Å². The molecule has 0 aliphatic rings. The van der Waals surface area contributed by atoms with Gasteiger partial charge >= 0.3 is 17.9 Å². The predicted molar refractivity (Wildman–Crippen MR) is 160 cm³/mol. The van der Waals surface area contributed by atoms with Gasteiger partial charge in [0.2, 0.25) is 0 Å². The summed E-state index contributed by atoms with van der Waals surface area (Å²) in [5.41, 5.74) is 1.27. The summed E-state index contributed by atoms with van der Waals surface area (Å²) in [7, 11) is -5.36. The number of rotatable bonds is 6. The summed E-state index contributed by atoms with van der Waals surface area (Å²) in [4.78, 5) is 60.6. The van der Waals surface area contributed by atoms with Gasteiger partial charge in [-0.15, -0.1) is 0 Å². The fourth-order valence-electron chi connectivity index (χ4n) is 3.00. The minimum Gasteiger partial charge on any atom is -0.822 e. The molecule has 0 fully saturated rings. The highest BCUT2D eigenvalue weighted by molar-refractivity contribution is 7.96. The Hall–Kier alpha value is -2.77.